The molecule has 0 unspecified atom stereocenters. The Hall–Kier alpha value is -2.64. The van der Waals surface area contributed by atoms with Crippen molar-refractivity contribution in [2.24, 2.45) is 0 Å². The van der Waals surface area contributed by atoms with Crippen LogP contribution >= 0.6 is 11.8 Å². The van der Waals surface area contributed by atoms with Gasteiger partial charge in [-0.05, 0) is 24.3 Å². The van der Waals surface area contributed by atoms with Crippen molar-refractivity contribution < 1.29 is 9.18 Å². The molecule has 0 N–H and O–H groups in total. The number of piperazine rings is 1. The highest BCUT2D eigenvalue weighted by Crippen LogP contribution is 2.19. The second-order valence-electron chi connectivity index (χ2n) is 7.28. The van der Waals surface area contributed by atoms with Crippen molar-refractivity contribution in [3.63, 3.8) is 0 Å². The number of carbonyl (C=O) groups excluding carboxylic acids is 1. The fourth-order valence-electron chi connectivity index (χ4n) is 3.57. The second kappa shape index (κ2) is 9.91. The van der Waals surface area contributed by atoms with Gasteiger partial charge in [0.1, 0.15) is 11.6 Å². The molecule has 0 saturated carbocycles. The van der Waals surface area contributed by atoms with E-state index in [4.69, 9.17) is 0 Å². The molecule has 2 heterocycles. The van der Waals surface area contributed by atoms with Crippen molar-refractivity contribution in [1.82, 2.24) is 19.4 Å². The largest absolute Gasteiger partial charge is 0.339 e. The Morgan fingerprint density at radius 2 is 1.70 bits per heavy atom. The molecule has 0 aliphatic carbocycles. The van der Waals surface area contributed by atoms with Crippen LogP contribution in [-0.2, 0) is 11.3 Å². The Labute approximate surface area is 180 Å². The lowest BCUT2D eigenvalue weighted by Crippen LogP contribution is -2.49. The molecule has 5 nitrogen and oxygen atoms in total. The first-order chi connectivity index (χ1) is 14.7. The first-order valence-electron chi connectivity index (χ1n) is 10.1. The quantitative estimate of drug-likeness (QED) is 0.543. The van der Waals surface area contributed by atoms with Gasteiger partial charge in [-0.2, -0.15) is 0 Å². The normalized spacial score (nSPS) is 14.8. The highest BCUT2D eigenvalue weighted by molar-refractivity contribution is 8.00. The third-order valence-corrected chi connectivity index (χ3v) is 6.30. The van der Waals surface area contributed by atoms with E-state index in [2.05, 4.69) is 26.6 Å². The van der Waals surface area contributed by atoms with Crippen LogP contribution in [0, 0.1) is 5.82 Å². The van der Waals surface area contributed by atoms with Gasteiger partial charge in [0.25, 0.3) is 0 Å². The molecule has 1 aliphatic heterocycles. The maximum absolute atomic E-state index is 13.0. The molecule has 1 saturated heterocycles. The Morgan fingerprint density at radius 3 is 2.43 bits per heavy atom. The summed E-state index contributed by atoms with van der Waals surface area (Å²) in [7, 11) is 0. The first-order valence-corrected chi connectivity index (χ1v) is 11.1. The molecule has 1 aliphatic rings. The first kappa shape index (κ1) is 20.6. The van der Waals surface area contributed by atoms with Crippen LogP contribution in [0.25, 0.3) is 11.4 Å². The van der Waals surface area contributed by atoms with Crippen LogP contribution in [-0.4, -0.2) is 63.7 Å². The van der Waals surface area contributed by atoms with Crippen LogP contribution in [0.15, 0.2) is 71.9 Å². The van der Waals surface area contributed by atoms with E-state index in [0.717, 1.165) is 55.6 Å². The lowest BCUT2D eigenvalue weighted by atomic mass is 10.2. The smallest absolute Gasteiger partial charge is 0.233 e. The van der Waals surface area contributed by atoms with E-state index >= 15 is 0 Å². The molecule has 30 heavy (non-hydrogen) atoms. The molecule has 0 spiro atoms. The molecule has 1 amide bonds. The molecular formula is C23H25FN4OS. The fourth-order valence-corrected chi connectivity index (χ4v) is 4.38. The Bertz CT molecular complexity index is 953. The second-order valence-corrected chi connectivity index (χ2v) is 8.32. The third kappa shape index (κ3) is 5.29. The zero-order chi connectivity index (χ0) is 20.8. The molecule has 156 valence electrons. The third-order valence-electron chi connectivity index (χ3n) is 5.31. The van der Waals surface area contributed by atoms with Crippen molar-refractivity contribution in [3.05, 3.63) is 72.8 Å². The van der Waals surface area contributed by atoms with Gasteiger partial charge < -0.3 is 9.47 Å². The summed E-state index contributed by atoms with van der Waals surface area (Å²) < 4.78 is 15.2. The van der Waals surface area contributed by atoms with Crippen molar-refractivity contribution >= 4 is 17.7 Å². The lowest BCUT2D eigenvalue weighted by Gasteiger charge is -2.34. The van der Waals surface area contributed by atoms with E-state index in [-0.39, 0.29) is 11.7 Å². The van der Waals surface area contributed by atoms with E-state index < -0.39 is 0 Å². The van der Waals surface area contributed by atoms with E-state index in [1.807, 2.05) is 35.5 Å². The molecule has 3 aromatic rings. The number of carbonyl (C=O) groups is 1. The van der Waals surface area contributed by atoms with Gasteiger partial charge in [0, 0.05) is 62.1 Å². The Kier molecular flexibility index (Phi) is 6.81. The lowest BCUT2D eigenvalue weighted by molar-refractivity contribution is -0.130. The van der Waals surface area contributed by atoms with Crippen molar-refractivity contribution in [3.8, 4) is 11.4 Å². The number of rotatable bonds is 7. The molecule has 0 atom stereocenters. The zero-order valence-electron chi connectivity index (χ0n) is 16.8. The van der Waals surface area contributed by atoms with E-state index in [1.165, 1.54) is 23.9 Å². The number of hydrogen-bond donors (Lipinski definition) is 0. The van der Waals surface area contributed by atoms with Gasteiger partial charge in [-0.3, -0.25) is 9.69 Å². The van der Waals surface area contributed by atoms with Crippen LogP contribution in [0.5, 0.6) is 0 Å². The predicted octanol–water partition coefficient (Wildman–Crippen LogP) is 3.63. The molecule has 1 fully saturated rings. The van der Waals surface area contributed by atoms with Crippen LogP contribution in [0.3, 0.4) is 0 Å². The van der Waals surface area contributed by atoms with Gasteiger partial charge in [-0.1, -0.05) is 30.3 Å². The Balaban J connectivity index is 1.22. The monoisotopic (exact) mass is 424 g/mol. The van der Waals surface area contributed by atoms with Crippen molar-refractivity contribution in [2.45, 2.75) is 11.4 Å². The summed E-state index contributed by atoms with van der Waals surface area (Å²) in [6, 6.07) is 16.5. The number of thioether (sulfide) groups is 1. The summed E-state index contributed by atoms with van der Waals surface area (Å²) in [6.07, 6.45) is 3.87. The average Bonchev–Trinajstić information content (AvgIpc) is 3.27. The van der Waals surface area contributed by atoms with Gasteiger partial charge in [-0.15, -0.1) is 11.8 Å². The maximum atomic E-state index is 13.0. The molecule has 0 radical (unpaired) electrons. The number of benzene rings is 2. The summed E-state index contributed by atoms with van der Waals surface area (Å²) in [4.78, 5) is 22.2. The minimum atomic E-state index is -0.256. The summed E-state index contributed by atoms with van der Waals surface area (Å²) in [6.45, 7) is 5.06. The summed E-state index contributed by atoms with van der Waals surface area (Å²) >= 11 is 1.46. The molecular weight excluding hydrogens is 399 g/mol. The zero-order valence-corrected chi connectivity index (χ0v) is 17.6. The average molecular weight is 425 g/mol. The van der Waals surface area contributed by atoms with Gasteiger partial charge >= 0.3 is 0 Å². The maximum Gasteiger partial charge on any atom is 0.233 e. The van der Waals surface area contributed by atoms with Crippen LogP contribution in [0.4, 0.5) is 4.39 Å². The molecule has 7 heteroatoms. The predicted molar refractivity (Wildman–Crippen MR) is 118 cm³/mol. The molecule has 0 bridgehead atoms. The van der Waals surface area contributed by atoms with E-state index in [9.17, 15) is 9.18 Å². The number of aromatic nitrogens is 2. The Morgan fingerprint density at radius 1 is 0.967 bits per heavy atom. The van der Waals surface area contributed by atoms with Crippen LogP contribution in [0.1, 0.15) is 0 Å². The highest BCUT2D eigenvalue weighted by atomic mass is 32.2. The van der Waals surface area contributed by atoms with Crippen LogP contribution in [0.2, 0.25) is 0 Å². The van der Waals surface area contributed by atoms with Gasteiger partial charge in [0.2, 0.25) is 5.91 Å². The minimum Gasteiger partial charge on any atom is -0.339 e. The minimum absolute atomic E-state index is 0.143. The van der Waals surface area contributed by atoms with Gasteiger partial charge in [0.15, 0.2) is 0 Å². The number of halogens is 1. The fraction of sp³-hybridized carbons (Fsp3) is 0.304. The standard InChI is InChI=1S/C23H25FN4OS/c24-20-6-8-21(9-7-20)30-18-22(29)27-15-12-26(13-16-27)14-17-28-11-10-25-23(28)19-4-2-1-3-5-19/h1-11H,12-18H2. The highest BCUT2D eigenvalue weighted by Gasteiger charge is 2.21. The summed E-state index contributed by atoms with van der Waals surface area (Å²) in [5.41, 5.74) is 1.12. The SMILES string of the molecule is O=C(CSc1ccc(F)cc1)N1CCN(CCn2ccnc2-c2ccccc2)CC1. The molecule has 4 rings (SSSR count). The number of nitrogens with zero attached hydrogens (tertiary/aromatic N) is 4. The molecule has 2 aromatic carbocycles. The number of imidazole rings is 1. The number of hydrogen-bond acceptors (Lipinski definition) is 4. The topological polar surface area (TPSA) is 41.4 Å². The van der Waals surface area contributed by atoms with Crippen molar-refractivity contribution in [1.29, 1.82) is 0 Å². The van der Waals surface area contributed by atoms with Crippen molar-refractivity contribution in [2.75, 3.05) is 38.5 Å². The van der Waals surface area contributed by atoms with Crippen LogP contribution < -0.4 is 0 Å². The summed E-state index contributed by atoms with van der Waals surface area (Å²) in [5.74, 6) is 1.27. The summed E-state index contributed by atoms with van der Waals surface area (Å²) in [5, 5.41) is 0. The van der Waals surface area contributed by atoms with Gasteiger partial charge in [0.05, 0.1) is 5.75 Å². The van der Waals surface area contributed by atoms with E-state index in [0.29, 0.717) is 5.75 Å². The molecule has 1 aromatic heterocycles. The van der Waals surface area contributed by atoms with E-state index in [1.54, 1.807) is 12.1 Å². The van der Waals surface area contributed by atoms with Gasteiger partial charge in [-0.25, -0.2) is 9.37 Å². The number of amides is 1.